The Balaban J connectivity index is 1.52. The van der Waals surface area contributed by atoms with Gasteiger partial charge in [0.05, 0.1) is 27.3 Å². The van der Waals surface area contributed by atoms with Gasteiger partial charge in [-0.05, 0) is 86.4 Å². The van der Waals surface area contributed by atoms with Gasteiger partial charge in [0, 0.05) is 18.1 Å². The molecule has 1 amide bonds. The van der Waals surface area contributed by atoms with Crippen molar-refractivity contribution in [1.29, 1.82) is 0 Å². The van der Waals surface area contributed by atoms with Crippen LogP contribution in [-0.2, 0) is 6.18 Å². The summed E-state index contributed by atoms with van der Waals surface area (Å²) < 4.78 is 40.1. The highest BCUT2D eigenvalue weighted by molar-refractivity contribution is 7.12. The molecule has 0 saturated heterocycles. The molecule has 37 heavy (non-hydrogen) atoms. The number of fused-ring (bicyclic) bond motifs is 1. The number of alkyl halides is 3. The maximum atomic E-state index is 13.4. The molecule has 0 bridgehead atoms. The van der Waals surface area contributed by atoms with Gasteiger partial charge in [-0.25, -0.2) is 9.97 Å². The second-order valence-electron chi connectivity index (χ2n) is 8.85. The van der Waals surface area contributed by atoms with Crippen LogP contribution >= 0.6 is 11.3 Å². The predicted molar refractivity (Wildman–Crippen MR) is 143 cm³/mol. The molecule has 0 aliphatic carbocycles. The average Bonchev–Trinajstić information content (AvgIpc) is 3.34. The van der Waals surface area contributed by atoms with Crippen LogP contribution in [0, 0.1) is 0 Å². The van der Waals surface area contributed by atoms with E-state index in [2.05, 4.69) is 25.5 Å². The normalized spacial score (nSPS) is 11.7. The highest BCUT2D eigenvalue weighted by atomic mass is 32.1. The lowest BCUT2D eigenvalue weighted by Gasteiger charge is -2.16. The molecule has 0 atom stereocenters. The fraction of sp³-hybridized carbons (Fsp3) is 0.269. The fourth-order valence-corrected chi connectivity index (χ4v) is 4.58. The van der Waals surface area contributed by atoms with E-state index in [0.29, 0.717) is 22.6 Å². The third-order valence-corrected chi connectivity index (χ3v) is 6.63. The number of carbonyl (C=O) groups is 1. The molecule has 194 valence electrons. The molecule has 0 unspecified atom stereocenters. The molecule has 0 fully saturated rings. The number of unbranched alkanes of at least 4 members (excludes halogenated alkanes) is 1. The molecule has 0 saturated carbocycles. The molecule has 0 aliphatic heterocycles. The van der Waals surface area contributed by atoms with Crippen LogP contribution in [0.2, 0.25) is 0 Å². The standard InChI is InChI=1S/C26H27F3N6OS/c1-35(2)10-4-3-9-31-21-8-6-19(26(27,28)29)13-22(21)33-24(36)23-12-18(15-37-23)16-5-7-20-17(11-16)14-32-25(30)34-20/h5-8,11-15,31H,3-4,9-10H2,1-2H3,(H,33,36)(H2,30,32,34). The van der Waals surface area contributed by atoms with Crippen LogP contribution < -0.4 is 16.4 Å². The summed E-state index contributed by atoms with van der Waals surface area (Å²) in [4.78, 5) is 23.7. The Kier molecular flexibility index (Phi) is 7.94. The number of carbonyl (C=O) groups excluding carboxylic acids is 1. The van der Waals surface area contributed by atoms with Crippen molar-refractivity contribution in [2.75, 3.05) is 43.6 Å². The average molecular weight is 529 g/mol. The largest absolute Gasteiger partial charge is 0.416 e. The van der Waals surface area contributed by atoms with Crippen LogP contribution in [0.5, 0.6) is 0 Å². The van der Waals surface area contributed by atoms with Crippen LogP contribution in [0.25, 0.3) is 22.0 Å². The number of amides is 1. The van der Waals surface area contributed by atoms with Crippen LogP contribution in [-0.4, -0.2) is 48.0 Å². The summed E-state index contributed by atoms with van der Waals surface area (Å²) in [6.07, 6.45) is -1.12. The van der Waals surface area contributed by atoms with E-state index in [1.54, 1.807) is 12.3 Å². The van der Waals surface area contributed by atoms with E-state index >= 15 is 0 Å². The number of nitrogens with zero attached hydrogens (tertiary/aromatic N) is 3. The summed E-state index contributed by atoms with van der Waals surface area (Å²) in [5.41, 5.74) is 7.70. The van der Waals surface area contributed by atoms with Crippen molar-refractivity contribution in [3.05, 3.63) is 64.5 Å². The molecule has 0 radical (unpaired) electrons. The molecule has 11 heteroatoms. The van der Waals surface area contributed by atoms with E-state index in [9.17, 15) is 18.0 Å². The van der Waals surface area contributed by atoms with E-state index in [1.807, 2.05) is 37.7 Å². The van der Waals surface area contributed by atoms with Crippen molar-refractivity contribution in [2.45, 2.75) is 19.0 Å². The topological polar surface area (TPSA) is 96.2 Å². The molecule has 4 N–H and O–H groups in total. The second-order valence-corrected chi connectivity index (χ2v) is 9.76. The molecule has 2 heterocycles. The van der Waals surface area contributed by atoms with E-state index in [-0.39, 0.29) is 11.6 Å². The first-order chi connectivity index (χ1) is 17.6. The molecule has 4 rings (SSSR count). The van der Waals surface area contributed by atoms with Crippen molar-refractivity contribution < 1.29 is 18.0 Å². The minimum Gasteiger partial charge on any atom is -0.383 e. The number of hydrogen-bond donors (Lipinski definition) is 3. The Bertz CT molecular complexity index is 1400. The minimum atomic E-state index is -4.52. The van der Waals surface area contributed by atoms with Gasteiger partial charge in [-0.2, -0.15) is 13.2 Å². The third kappa shape index (κ3) is 6.75. The lowest BCUT2D eigenvalue weighted by atomic mass is 10.1. The molecule has 0 aliphatic rings. The number of rotatable bonds is 9. The lowest BCUT2D eigenvalue weighted by molar-refractivity contribution is -0.137. The smallest absolute Gasteiger partial charge is 0.383 e. The Morgan fingerprint density at radius 2 is 1.86 bits per heavy atom. The Morgan fingerprint density at radius 1 is 1.05 bits per heavy atom. The minimum absolute atomic E-state index is 0.0860. The van der Waals surface area contributed by atoms with Gasteiger partial charge in [-0.1, -0.05) is 6.07 Å². The van der Waals surface area contributed by atoms with Gasteiger partial charge in [0.2, 0.25) is 5.95 Å². The Hall–Kier alpha value is -3.70. The third-order valence-electron chi connectivity index (χ3n) is 5.70. The van der Waals surface area contributed by atoms with E-state index < -0.39 is 17.6 Å². The number of nitrogens with two attached hydrogens (primary N) is 1. The number of benzene rings is 2. The van der Waals surface area contributed by atoms with Gasteiger partial charge in [0.25, 0.3) is 5.91 Å². The van der Waals surface area contributed by atoms with Crippen molar-refractivity contribution >= 4 is 45.5 Å². The van der Waals surface area contributed by atoms with Gasteiger partial charge in [-0.3, -0.25) is 4.79 Å². The van der Waals surface area contributed by atoms with Crippen molar-refractivity contribution in [3.8, 4) is 11.1 Å². The molecular formula is C26H27F3N6OS. The maximum absolute atomic E-state index is 13.4. The number of aromatic nitrogens is 2. The van der Waals surface area contributed by atoms with Gasteiger partial charge >= 0.3 is 6.18 Å². The van der Waals surface area contributed by atoms with Crippen molar-refractivity contribution in [2.24, 2.45) is 0 Å². The summed E-state index contributed by atoms with van der Waals surface area (Å²) in [6.45, 7) is 1.49. The number of nitrogens with one attached hydrogen (secondary N) is 2. The van der Waals surface area contributed by atoms with Gasteiger partial charge < -0.3 is 21.3 Å². The van der Waals surface area contributed by atoms with Crippen LogP contribution in [0.15, 0.2) is 54.0 Å². The molecule has 2 aromatic heterocycles. The molecular weight excluding hydrogens is 501 g/mol. The first kappa shape index (κ1) is 26.4. The summed E-state index contributed by atoms with van der Waals surface area (Å²) in [5.74, 6) is -0.296. The fourth-order valence-electron chi connectivity index (χ4n) is 3.77. The van der Waals surface area contributed by atoms with Crippen LogP contribution in [0.3, 0.4) is 0 Å². The first-order valence-corrected chi connectivity index (χ1v) is 12.5. The van der Waals surface area contributed by atoms with Crippen LogP contribution in [0.1, 0.15) is 28.1 Å². The zero-order valence-corrected chi connectivity index (χ0v) is 21.2. The number of thiophene rings is 1. The van der Waals surface area contributed by atoms with Crippen molar-refractivity contribution in [3.63, 3.8) is 0 Å². The van der Waals surface area contributed by atoms with Crippen molar-refractivity contribution in [1.82, 2.24) is 14.9 Å². The maximum Gasteiger partial charge on any atom is 0.416 e. The molecule has 7 nitrogen and oxygen atoms in total. The van der Waals surface area contributed by atoms with Gasteiger partial charge in [0.1, 0.15) is 0 Å². The number of anilines is 3. The Labute approximate surface area is 216 Å². The highest BCUT2D eigenvalue weighted by Gasteiger charge is 2.31. The van der Waals surface area contributed by atoms with Gasteiger partial charge in [0.15, 0.2) is 0 Å². The molecule has 4 aromatic rings. The summed E-state index contributed by atoms with van der Waals surface area (Å²) in [5, 5.41) is 8.45. The number of halogens is 3. The first-order valence-electron chi connectivity index (χ1n) is 11.6. The van der Waals surface area contributed by atoms with E-state index in [4.69, 9.17) is 5.73 Å². The monoisotopic (exact) mass is 528 g/mol. The highest BCUT2D eigenvalue weighted by Crippen LogP contribution is 2.35. The lowest BCUT2D eigenvalue weighted by Crippen LogP contribution is -2.16. The quantitative estimate of drug-likeness (QED) is 0.232. The van der Waals surface area contributed by atoms with Gasteiger partial charge in [-0.15, -0.1) is 11.3 Å². The predicted octanol–water partition coefficient (Wildman–Crippen LogP) is 5.97. The molecule has 0 spiro atoms. The SMILES string of the molecule is CN(C)CCCCNc1ccc(C(F)(F)F)cc1NC(=O)c1cc(-c2ccc3nc(N)ncc3c2)cs1. The zero-order valence-electron chi connectivity index (χ0n) is 20.4. The van der Waals surface area contributed by atoms with Crippen LogP contribution in [0.4, 0.5) is 30.5 Å². The van der Waals surface area contributed by atoms with E-state index in [1.165, 1.54) is 17.4 Å². The Morgan fingerprint density at radius 3 is 2.62 bits per heavy atom. The summed E-state index contributed by atoms with van der Waals surface area (Å²) in [7, 11) is 3.97. The number of hydrogen-bond acceptors (Lipinski definition) is 7. The zero-order chi connectivity index (χ0) is 26.6. The molecule has 2 aromatic carbocycles. The second kappa shape index (κ2) is 11.1. The van der Waals surface area contributed by atoms with E-state index in [0.717, 1.165) is 48.0 Å². The summed E-state index contributed by atoms with van der Waals surface area (Å²) in [6, 6.07) is 10.6. The summed E-state index contributed by atoms with van der Waals surface area (Å²) >= 11 is 1.21. The number of nitrogen functional groups attached to an aromatic ring is 1.